The summed E-state index contributed by atoms with van der Waals surface area (Å²) >= 11 is 0. The minimum atomic E-state index is -2.43. The lowest BCUT2D eigenvalue weighted by Gasteiger charge is -2.29. The van der Waals surface area contributed by atoms with Crippen molar-refractivity contribution in [1.29, 1.82) is 0 Å². The Kier molecular flexibility index (Phi) is 4.64. The Morgan fingerprint density at radius 3 is 2.83 bits per heavy atom. The molecule has 1 heterocycles. The zero-order valence-corrected chi connectivity index (χ0v) is 10.5. The molecule has 1 fully saturated rings. The van der Waals surface area contributed by atoms with Crippen molar-refractivity contribution in [3.05, 3.63) is 30.1 Å². The SMILES string of the molecule is FC1(F)CCCC(CNCCc2ccncc2)C1. The summed E-state index contributed by atoms with van der Waals surface area (Å²) in [5.74, 6) is -2.30. The van der Waals surface area contributed by atoms with Crippen LogP contribution < -0.4 is 5.32 Å². The third kappa shape index (κ3) is 4.33. The fourth-order valence-corrected chi connectivity index (χ4v) is 2.54. The molecule has 18 heavy (non-hydrogen) atoms. The van der Waals surface area contributed by atoms with Gasteiger partial charge < -0.3 is 5.32 Å². The van der Waals surface area contributed by atoms with E-state index in [4.69, 9.17) is 0 Å². The second-order valence-electron chi connectivity index (χ2n) is 5.13. The van der Waals surface area contributed by atoms with Crippen molar-refractivity contribution in [3.63, 3.8) is 0 Å². The molecule has 2 nitrogen and oxygen atoms in total. The topological polar surface area (TPSA) is 24.9 Å². The molecule has 1 aliphatic rings. The minimum Gasteiger partial charge on any atom is -0.316 e. The summed E-state index contributed by atoms with van der Waals surface area (Å²) in [5, 5.41) is 3.29. The summed E-state index contributed by atoms with van der Waals surface area (Å²) < 4.78 is 26.4. The summed E-state index contributed by atoms with van der Waals surface area (Å²) in [5.41, 5.74) is 1.23. The average molecular weight is 254 g/mol. The van der Waals surface area contributed by atoms with Gasteiger partial charge in [0.25, 0.3) is 0 Å². The Balaban J connectivity index is 1.64. The first-order valence-corrected chi connectivity index (χ1v) is 6.63. The highest BCUT2D eigenvalue weighted by atomic mass is 19.3. The van der Waals surface area contributed by atoms with Gasteiger partial charge in [-0.2, -0.15) is 0 Å². The lowest BCUT2D eigenvalue weighted by molar-refractivity contribution is -0.0519. The van der Waals surface area contributed by atoms with Crippen LogP contribution in [0.4, 0.5) is 8.78 Å². The van der Waals surface area contributed by atoms with Gasteiger partial charge in [0, 0.05) is 25.2 Å². The Morgan fingerprint density at radius 2 is 2.11 bits per heavy atom. The predicted molar refractivity (Wildman–Crippen MR) is 67.7 cm³/mol. The molecular weight excluding hydrogens is 234 g/mol. The van der Waals surface area contributed by atoms with Crippen LogP contribution in [0.2, 0.25) is 0 Å². The van der Waals surface area contributed by atoms with E-state index in [1.165, 1.54) is 5.56 Å². The van der Waals surface area contributed by atoms with Gasteiger partial charge in [-0.25, -0.2) is 8.78 Å². The van der Waals surface area contributed by atoms with Crippen LogP contribution in [0, 0.1) is 5.92 Å². The third-order valence-corrected chi connectivity index (χ3v) is 3.52. The van der Waals surface area contributed by atoms with E-state index in [1.54, 1.807) is 12.4 Å². The van der Waals surface area contributed by atoms with Gasteiger partial charge in [0.15, 0.2) is 0 Å². The van der Waals surface area contributed by atoms with E-state index in [2.05, 4.69) is 10.3 Å². The Bertz CT molecular complexity index is 354. The molecule has 0 bridgehead atoms. The maximum Gasteiger partial charge on any atom is 0.248 e. The number of hydrogen-bond acceptors (Lipinski definition) is 2. The van der Waals surface area contributed by atoms with Crippen molar-refractivity contribution in [2.75, 3.05) is 13.1 Å². The molecule has 100 valence electrons. The van der Waals surface area contributed by atoms with Crippen LogP contribution in [0.5, 0.6) is 0 Å². The summed E-state index contributed by atoms with van der Waals surface area (Å²) in [4.78, 5) is 3.96. The van der Waals surface area contributed by atoms with Gasteiger partial charge in [0.1, 0.15) is 0 Å². The van der Waals surface area contributed by atoms with Gasteiger partial charge in [0.2, 0.25) is 5.92 Å². The zero-order chi connectivity index (χ0) is 12.8. The smallest absolute Gasteiger partial charge is 0.248 e. The van der Waals surface area contributed by atoms with Gasteiger partial charge in [-0.05, 0) is 56.0 Å². The molecule has 1 atom stereocenters. The van der Waals surface area contributed by atoms with E-state index in [0.717, 1.165) is 19.4 Å². The minimum absolute atomic E-state index is 0.0509. The molecule has 2 rings (SSSR count). The second kappa shape index (κ2) is 6.23. The molecule has 0 spiro atoms. The monoisotopic (exact) mass is 254 g/mol. The highest BCUT2D eigenvalue weighted by Gasteiger charge is 2.35. The van der Waals surface area contributed by atoms with Gasteiger partial charge in [0.05, 0.1) is 0 Å². The number of aromatic nitrogens is 1. The van der Waals surface area contributed by atoms with Crippen molar-refractivity contribution >= 4 is 0 Å². The average Bonchev–Trinajstić information content (AvgIpc) is 2.35. The van der Waals surface area contributed by atoms with E-state index in [1.807, 2.05) is 12.1 Å². The van der Waals surface area contributed by atoms with Crippen LogP contribution in [-0.4, -0.2) is 24.0 Å². The maximum absolute atomic E-state index is 13.2. The van der Waals surface area contributed by atoms with Crippen molar-refractivity contribution < 1.29 is 8.78 Å². The Morgan fingerprint density at radius 1 is 1.33 bits per heavy atom. The predicted octanol–water partition coefficient (Wildman–Crippen LogP) is 3.04. The standard InChI is InChI=1S/C14H20F2N2/c15-14(16)6-1-2-13(10-14)11-18-9-5-12-3-7-17-8-4-12/h3-4,7-8,13,18H,1-2,5-6,9-11H2. The summed E-state index contributed by atoms with van der Waals surface area (Å²) in [6.45, 7) is 1.55. The summed E-state index contributed by atoms with van der Waals surface area (Å²) in [7, 11) is 0. The molecule has 0 aliphatic heterocycles. The molecule has 0 radical (unpaired) electrons. The molecule has 1 aliphatic carbocycles. The fraction of sp³-hybridized carbons (Fsp3) is 0.643. The number of halogens is 2. The third-order valence-electron chi connectivity index (χ3n) is 3.52. The van der Waals surface area contributed by atoms with Crippen LogP contribution in [0.3, 0.4) is 0 Å². The van der Waals surface area contributed by atoms with Crippen LogP contribution in [0.25, 0.3) is 0 Å². The van der Waals surface area contributed by atoms with Crippen LogP contribution in [0.1, 0.15) is 31.2 Å². The number of nitrogens with one attached hydrogen (secondary N) is 1. The first-order chi connectivity index (χ1) is 8.66. The normalized spacial score (nSPS) is 22.9. The number of pyridine rings is 1. The van der Waals surface area contributed by atoms with E-state index in [-0.39, 0.29) is 18.8 Å². The van der Waals surface area contributed by atoms with Crippen molar-refractivity contribution in [3.8, 4) is 0 Å². The van der Waals surface area contributed by atoms with E-state index in [0.29, 0.717) is 13.0 Å². The molecule has 4 heteroatoms. The Hall–Kier alpha value is -1.03. The van der Waals surface area contributed by atoms with Crippen molar-refractivity contribution in [1.82, 2.24) is 10.3 Å². The summed E-state index contributed by atoms with van der Waals surface area (Å²) in [6.07, 6.45) is 6.18. The van der Waals surface area contributed by atoms with E-state index >= 15 is 0 Å². The van der Waals surface area contributed by atoms with Crippen LogP contribution in [0.15, 0.2) is 24.5 Å². The fourth-order valence-electron chi connectivity index (χ4n) is 2.54. The van der Waals surface area contributed by atoms with Crippen molar-refractivity contribution in [2.45, 2.75) is 38.0 Å². The highest BCUT2D eigenvalue weighted by molar-refractivity contribution is 5.09. The maximum atomic E-state index is 13.2. The quantitative estimate of drug-likeness (QED) is 0.817. The molecule has 0 amide bonds. The molecule has 0 aromatic carbocycles. The molecule has 1 saturated carbocycles. The van der Waals surface area contributed by atoms with Crippen LogP contribution >= 0.6 is 0 Å². The second-order valence-corrected chi connectivity index (χ2v) is 5.13. The van der Waals surface area contributed by atoms with Gasteiger partial charge in [-0.1, -0.05) is 0 Å². The number of alkyl halides is 2. The van der Waals surface area contributed by atoms with Crippen LogP contribution in [-0.2, 0) is 6.42 Å². The zero-order valence-electron chi connectivity index (χ0n) is 10.5. The van der Waals surface area contributed by atoms with Gasteiger partial charge in [-0.3, -0.25) is 4.98 Å². The lowest BCUT2D eigenvalue weighted by atomic mass is 9.86. The molecule has 0 saturated heterocycles. The molecule has 1 aromatic rings. The lowest BCUT2D eigenvalue weighted by Crippen LogP contribution is -2.33. The largest absolute Gasteiger partial charge is 0.316 e. The molecule has 1 aromatic heterocycles. The molecular formula is C14H20F2N2. The first-order valence-electron chi connectivity index (χ1n) is 6.63. The van der Waals surface area contributed by atoms with Gasteiger partial charge >= 0.3 is 0 Å². The summed E-state index contributed by atoms with van der Waals surface area (Å²) in [6, 6.07) is 3.97. The van der Waals surface area contributed by atoms with Crippen molar-refractivity contribution in [2.24, 2.45) is 5.92 Å². The first kappa shape index (κ1) is 13.4. The molecule has 1 unspecified atom stereocenters. The van der Waals surface area contributed by atoms with E-state index < -0.39 is 5.92 Å². The Labute approximate surface area is 107 Å². The molecule has 1 N–H and O–H groups in total. The number of hydrogen-bond donors (Lipinski definition) is 1. The highest BCUT2D eigenvalue weighted by Crippen LogP contribution is 2.36. The number of nitrogens with zero attached hydrogens (tertiary/aromatic N) is 1. The van der Waals surface area contributed by atoms with E-state index in [9.17, 15) is 8.78 Å². The number of rotatable bonds is 5. The van der Waals surface area contributed by atoms with Gasteiger partial charge in [-0.15, -0.1) is 0 Å².